The number of nitrogens with zero attached hydrogens (tertiary/aromatic N) is 1. The molecule has 18 heavy (non-hydrogen) atoms. The molecular weight excluding hydrogens is 312 g/mol. The maximum Gasteiger partial charge on any atom is 0.254 e. The van der Waals surface area contributed by atoms with Crippen LogP contribution in [-0.2, 0) is 0 Å². The number of nitrogen functional groups attached to an aromatic ring is 1. The first-order chi connectivity index (χ1) is 8.39. The van der Waals surface area contributed by atoms with Crippen molar-refractivity contribution in [2.75, 3.05) is 24.6 Å². The van der Waals surface area contributed by atoms with Gasteiger partial charge in [-0.15, -0.1) is 0 Å². The second-order valence-corrected chi connectivity index (χ2v) is 7.73. The van der Waals surface area contributed by atoms with Crippen LogP contribution in [0.25, 0.3) is 0 Å². The lowest BCUT2D eigenvalue weighted by Gasteiger charge is -2.37. The molecule has 0 atom stereocenters. The van der Waals surface area contributed by atoms with Gasteiger partial charge in [-0.05, 0) is 48.0 Å². The summed E-state index contributed by atoms with van der Waals surface area (Å²) in [6.45, 7) is 5.94. The van der Waals surface area contributed by atoms with E-state index >= 15 is 0 Å². The largest absolute Gasteiger partial charge is 0.398 e. The van der Waals surface area contributed by atoms with Gasteiger partial charge in [0.2, 0.25) is 0 Å². The van der Waals surface area contributed by atoms with E-state index in [1.807, 2.05) is 28.8 Å². The van der Waals surface area contributed by atoms with Gasteiger partial charge in [0.15, 0.2) is 0 Å². The molecule has 1 fully saturated rings. The number of halogens is 1. The van der Waals surface area contributed by atoms with E-state index in [-0.39, 0.29) is 10.7 Å². The molecule has 0 unspecified atom stereocenters. The first-order valence-electron chi connectivity index (χ1n) is 5.87. The van der Waals surface area contributed by atoms with Crippen molar-refractivity contribution in [3.8, 4) is 0 Å². The highest BCUT2D eigenvalue weighted by molar-refractivity contribution is 9.10. The third-order valence-corrected chi connectivity index (χ3v) is 4.98. The molecule has 0 radical (unpaired) electrons. The number of nitrogens with two attached hydrogens (primary N) is 1. The number of hydrogen-bond donors (Lipinski definition) is 1. The van der Waals surface area contributed by atoms with Crippen LogP contribution in [-0.4, -0.2) is 34.4 Å². The highest BCUT2D eigenvalue weighted by Crippen LogP contribution is 2.30. The Balaban J connectivity index is 2.18. The lowest BCUT2D eigenvalue weighted by Crippen LogP contribution is -2.46. The van der Waals surface area contributed by atoms with E-state index < -0.39 is 0 Å². The van der Waals surface area contributed by atoms with Crippen LogP contribution in [0, 0.1) is 0 Å². The average molecular weight is 329 g/mol. The summed E-state index contributed by atoms with van der Waals surface area (Å²) in [6.07, 6.45) is 0. The number of thioether (sulfide) groups is 1. The van der Waals surface area contributed by atoms with Crippen molar-refractivity contribution in [2.24, 2.45) is 0 Å². The summed E-state index contributed by atoms with van der Waals surface area (Å²) in [5.41, 5.74) is 7.09. The monoisotopic (exact) mass is 328 g/mol. The van der Waals surface area contributed by atoms with E-state index in [1.54, 1.807) is 6.07 Å². The van der Waals surface area contributed by atoms with E-state index in [1.165, 1.54) is 0 Å². The molecule has 0 bridgehead atoms. The molecule has 0 aliphatic carbocycles. The van der Waals surface area contributed by atoms with Gasteiger partial charge >= 0.3 is 0 Å². The molecule has 2 N–H and O–H groups in total. The molecule has 0 saturated carbocycles. The highest BCUT2D eigenvalue weighted by Gasteiger charge is 2.30. The standard InChI is InChI=1S/C13H17BrN2OS/c1-13(2)8-16(5-6-18-13)12(17)9-3-4-10(14)11(15)7-9/h3-4,7H,5-6,8,15H2,1-2H3. The van der Waals surface area contributed by atoms with Crippen molar-refractivity contribution in [1.29, 1.82) is 0 Å². The number of carbonyl (C=O) groups excluding carboxylic acids is 1. The third-order valence-electron chi connectivity index (χ3n) is 2.96. The molecule has 1 heterocycles. The number of hydrogen-bond acceptors (Lipinski definition) is 3. The van der Waals surface area contributed by atoms with Crippen LogP contribution in [0.2, 0.25) is 0 Å². The van der Waals surface area contributed by atoms with E-state index in [0.717, 1.165) is 23.3 Å². The molecule has 0 spiro atoms. The second kappa shape index (κ2) is 5.13. The Kier molecular flexibility index (Phi) is 3.92. The Morgan fingerprint density at radius 3 is 2.83 bits per heavy atom. The molecule has 1 saturated heterocycles. The fourth-order valence-corrected chi connectivity index (χ4v) is 3.41. The summed E-state index contributed by atoms with van der Waals surface area (Å²) in [6, 6.07) is 5.38. The van der Waals surface area contributed by atoms with Crippen LogP contribution < -0.4 is 5.73 Å². The molecule has 1 aromatic carbocycles. The minimum absolute atomic E-state index is 0.0718. The quantitative estimate of drug-likeness (QED) is 0.806. The van der Waals surface area contributed by atoms with Crippen LogP contribution in [0.3, 0.4) is 0 Å². The number of anilines is 1. The Bertz CT molecular complexity index is 476. The van der Waals surface area contributed by atoms with Gasteiger partial charge in [0, 0.05) is 39.3 Å². The van der Waals surface area contributed by atoms with Gasteiger partial charge in [-0.3, -0.25) is 4.79 Å². The number of amides is 1. The van der Waals surface area contributed by atoms with Gasteiger partial charge in [-0.25, -0.2) is 0 Å². The molecule has 98 valence electrons. The normalized spacial score (nSPS) is 18.7. The van der Waals surface area contributed by atoms with Crippen molar-refractivity contribution in [3.05, 3.63) is 28.2 Å². The average Bonchev–Trinajstić information content (AvgIpc) is 2.30. The molecule has 5 heteroatoms. The van der Waals surface area contributed by atoms with Crippen molar-refractivity contribution in [2.45, 2.75) is 18.6 Å². The number of carbonyl (C=O) groups is 1. The summed E-state index contributed by atoms with van der Waals surface area (Å²) in [5, 5.41) is 0. The maximum atomic E-state index is 12.4. The second-order valence-electron chi connectivity index (χ2n) is 5.07. The van der Waals surface area contributed by atoms with Crippen molar-refractivity contribution < 1.29 is 4.79 Å². The molecule has 1 amide bonds. The topological polar surface area (TPSA) is 46.3 Å². The molecular formula is C13H17BrN2OS. The molecule has 1 aliphatic rings. The summed E-state index contributed by atoms with van der Waals surface area (Å²) in [7, 11) is 0. The minimum Gasteiger partial charge on any atom is -0.398 e. The summed E-state index contributed by atoms with van der Waals surface area (Å²) >= 11 is 5.26. The predicted octanol–water partition coefficient (Wildman–Crippen LogP) is 3.00. The first kappa shape index (κ1) is 13.7. The smallest absolute Gasteiger partial charge is 0.254 e. The van der Waals surface area contributed by atoms with Crippen LogP contribution in [0.4, 0.5) is 5.69 Å². The maximum absolute atomic E-state index is 12.4. The van der Waals surface area contributed by atoms with E-state index in [4.69, 9.17) is 5.73 Å². The van der Waals surface area contributed by atoms with E-state index in [2.05, 4.69) is 29.8 Å². The zero-order valence-corrected chi connectivity index (χ0v) is 13.0. The summed E-state index contributed by atoms with van der Waals surface area (Å²) < 4.78 is 0.961. The molecule has 1 aromatic rings. The lowest BCUT2D eigenvalue weighted by atomic mass is 10.1. The van der Waals surface area contributed by atoms with Gasteiger partial charge in [-0.1, -0.05) is 0 Å². The molecule has 3 nitrogen and oxygen atoms in total. The van der Waals surface area contributed by atoms with Crippen LogP contribution in [0.5, 0.6) is 0 Å². The molecule has 2 rings (SSSR count). The Hall–Kier alpha value is -0.680. The van der Waals surface area contributed by atoms with E-state index in [9.17, 15) is 4.79 Å². The first-order valence-corrected chi connectivity index (χ1v) is 7.65. The fourth-order valence-electron chi connectivity index (χ4n) is 2.05. The minimum atomic E-state index is 0.0718. The Labute approximate surface area is 120 Å². The fraction of sp³-hybridized carbons (Fsp3) is 0.462. The van der Waals surface area contributed by atoms with Gasteiger partial charge in [-0.2, -0.15) is 11.8 Å². The SMILES string of the molecule is CC1(C)CN(C(=O)c2ccc(Br)c(N)c2)CCS1. The highest BCUT2D eigenvalue weighted by atomic mass is 79.9. The lowest BCUT2D eigenvalue weighted by molar-refractivity contribution is 0.0748. The summed E-state index contributed by atoms with van der Waals surface area (Å²) in [4.78, 5) is 14.3. The predicted molar refractivity (Wildman–Crippen MR) is 81.0 cm³/mol. The molecule has 0 aromatic heterocycles. The third kappa shape index (κ3) is 3.01. The number of benzene rings is 1. The van der Waals surface area contributed by atoms with Crippen molar-refractivity contribution in [3.63, 3.8) is 0 Å². The van der Waals surface area contributed by atoms with Crippen LogP contribution in [0.1, 0.15) is 24.2 Å². The van der Waals surface area contributed by atoms with Crippen molar-refractivity contribution >= 4 is 39.3 Å². The van der Waals surface area contributed by atoms with Gasteiger partial charge in [0.05, 0.1) is 0 Å². The van der Waals surface area contributed by atoms with E-state index in [0.29, 0.717) is 11.3 Å². The number of rotatable bonds is 1. The van der Waals surface area contributed by atoms with Crippen LogP contribution >= 0.6 is 27.7 Å². The van der Waals surface area contributed by atoms with Gasteiger partial charge in [0.1, 0.15) is 0 Å². The van der Waals surface area contributed by atoms with Crippen LogP contribution in [0.15, 0.2) is 22.7 Å². The Morgan fingerprint density at radius 1 is 1.50 bits per heavy atom. The van der Waals surface area contributed by atoms with Crippen molar-refractivity contribution in [1.82, 2.24) is 4.90 Å². The van der Waals surface area contributed by atoms with Gasteiger partial charge < -0.3 is 10.6 Å². The van der Waals surface area contributed by atoms with Gasteiger partial charge in [0.25, 0.3) is 5.91 Å². The molecule has 1 aliphatic heterocycles. The Morgan fingerprint density at radius 2 is 2.22 bits per heavy atom. The zero-order chi connectivity index (χ0) is 13.3. The summed E-state index contributed by atoms with van der Waals surface area (Å²) in [5.74, 6) is 1.06. The zero-order valence-electron chi connectivity index (χ0n) is 10.6.